The van der Waals surface area contributed by atoms with Gasteiger partial charge in [-0.2, -0.15) is 0 Å². The van der Waals surface area contributed by atoms with Gasteiger partial charge in [0, 0.05) is 0 Å². The molecule has 0 spiro atoms. The molecular formula is C14H21NO4. The third-order valence-electron chi connectivity index (χ3n) is 2.76. The fraction of sp³-hybridized carbons (Fsp3) is 0.500. The Labute approximate surface area is 113 Å². The quantitative estimate of drug-likeness (QED) is 0.751. The van der Waals surface area contributed by atoms with E-state index in [0.29, 0.717) is 30.9 Å². The highest BCUT2D eigenvalue weighted by molar-refractivity contribution is 5.72. The van der Waals surface area contributed by atoms with Crippen LogP contribution in [0.15, 0.2) is 18.2 Å². The van der Waals surface area contributed by atoms with E-state index in [1.165, 1.54) is 7.11 Å². The van der Waals surface area contributed by atoms with E-state index < -0.39 is 12.1 Å². The van der Waals surface area contributed by atoms with Gasteiger partial charge in [-0.25, -0.2) is 4.79 Å². The van der Waals surface area contributed by atoms with Gasteiger partial charge in [0.1, 0.15) is 0 Å². The van der Waals surface area contributed by atoms with E-state index in [2.05, 4.69) is 0 Å². The van der Waals surface area contributed by atoms with Crippen LogP contribution in [0.3, 0.4) is 0 Å². The Morgan fingerprint density at radius 1 is 1.42 bits per heavy atom. The Balaban J connectivity index is 2.94. The number of rotatable bonds is 8. The van der Waals surface area contributed by atoms with Gasteiger partial charge in [-0.1, -0.05) is 19.4 Å². The molecule has 0 saturated heterocycles. The van der Waals surface area contributed by atoms with Crippen molar-refractivity contribution in [3.05, 3.63) is 23.8 Å². The van der Waals surface area contributed by atoms with Gasteiger partial charge in [-0.3, -0.25) is 0 Å². The lowest BCUT2D eigenvalue weighted by atomic mass is 10.1. The second kappa shape index (κ2) is 7.63. The van der Waals surface area contributed by atoms with Gasteiger partial charge in [-0.05, 0) is 37.1 Å². The molecule has 1 aromatic carbocycles. The van der Waals surface area contributed by atoms with Gasteiger partial charge in [0.15, 0.2) is 17.6 Å². The average Bonchev–Trinajstić information content (AvgIpc) is 2.39. The number of aliphatic carboxylic acids is 1. The summed E-state index contributed by atoms with van der Waals surface area (Å²) in [5.41, 5.74) is 6.51. The smallest absolute Gasteiger partial charge is 0.344 e. The van der Waals surface area contributed by atoms with E-state index in [1.807, 2.05) is 13.0 Å². The molecule has 5 heteroatoms. The number of carbonyl (C=O) groups is 1. The van der Waals surface area contributed by atoms with Crippen LogP contribution in [0.5, 0.6) is 11.5 Å². The number of carboxylic acids is 1. The van der Waals surface area contributed by atoms with Crippen molar-refractivity contribution in [2.24, 2.45) is 5.73 Å². The summed E-state index contributed by atoms with van der Waals surface area (Å²) in [7, 11) is 1.53. The summed E-state index contributed by atoms with van der Waals surface area (Å²) < 4.78 is 10.7. The topological polar surface area (TPSA) is 81.8 Å². The summed E-state index contributed by atoms with van der Waals surface area (Å²) in [6, 6.07) is 5.45. The Morgan fingerprint density at radius 3 is 2.68 bits per heavy atom. The number of benzene rings is 1. The molecule has 0 aliphatic heterocycles. The van der Waals surface area contributed by atoms with E-state index in [4.69, 9.17) is 20.3 Å². The van der Waals surface area contributed by atoms with Gasteiger partial charge in [0.05, 0.1) is 7.11 Å². The molecule has 1 atom stereocenters. The molecule has 0 saturated carbocycles. The minimum absolute atomic E-state index is 0.453. The second-order valence-corrected chi connectivity index (χ2v) is 4.26. The molecule has 0 heterocycles. The summed E-state index contributed by atoms with van der Waals surface area (Å²) in [4.78, 5) is 11.1. The molecule has 19 heavy (non-hydrogen) atoms. The summed E-state index contributed by atoms with van der Waals surface area (Å²) in [6.07, 6.45) is 1.06. The molecule has 0 aliphatic rings. The van der Waals surface area contributed by atoms with Crippen molar-refractivity contribution in [3.8, 4) is 11.5 Å². The lowest BCUT2D eigenvalue weighted by Gasteiger charge is -2.17. The molecule has 1 aromatic rings. The standard InChI is InChI=1S/C14H21NO4/c1-3-4-12(14(16)17)19-13-9-10(7-8-15)5-6-11(13)18-2/h5-6,9,12H,3-4,7-8,15H2,1-2H3,(H,16,17). The highest BCUT2D eigenvalue weighted by Gasteiger charge is 2.20. The fourth-order valence-electron chi connectivity index (χ4n) is 1.78. The van der Waals surface area contributed by atoms with Crippen molar-refractivity contribution in [2.45, 2.75) is 32.3 Å². The summed E-state index contributed by atoms with van der Waals surface area (Å²) in [5.74, 6) is 0.0190. The molecule has 106 valence electrons. The van der Waals surface area contributed by atoms with E-state index >= 15 is 0 Å². The van der Waals surface area contributed by atoms with Crippen molar-refractivity contribution >= 4 is 5.97 Å². The first-order chi connectivity index (χ1) is 9.12. The first kappa shape index (κ1) is 15.3. The zero-order valence-corrected chi connectivity index (χ0v) is 11.4. The summed E-state index contributed by atoms with van der Waals surface area (Å²) in [5, 5.41) is 9.12. The molecular weight excluding hydrogens is 246 g/mol. The Morgan fingerprint density at radius 2 is 2.16 bits per heavy atom. The van der Waals surface area contributed by atoms with Crippen LogP contribution < -0.4 is 15.2 Å². The van der Waals surface area contributed by atoms with Crippen LogP contribution in [0, 0.1) is 0 Å². The SMILES string of the molecule is CCCC(Oc1cc(CCN)ccc1OC)C(=O)O. The molecule has 1 rings (SSSR count). The van der Waals surface area contributed by atoms with Crippen molar-refractivity contribution < 1.29 is 19.4 Å². The molecule has 0 aromatic heterocycles. The number of hydrogen-bond donors (Lipinski definition) is 2. The van der Waals surface area contributed by atoms with E-state index in [1.54, 1.807) is 12.1 Å². The third kappa shape index (κ3) is 4.44. The molecule has 0 radical (unpaired) electrons. The number of hydrogen-bond acceptors (Lipinski definition) is 4. The summed E-state index contributed by atoms with van der Waals surface area (Å²) in [6.45, 7) is 2.45. The van der Waals surface area contributed by atoms with Crippen LogP contribution in [0.25, 0.3) is 0 Å². The van der Waals surface area contributed by atoms with Crippen molar-refractivity contribution in [2.75, 3.05) is 13.7 Å². The van der Waals surface area contributed by atoms with Crippen LogP contribution in [0.2, 0.25) is 0 Å². The Kier molecular flexibility index (Phi) is 6.15. The molecule has 0 amide bonds. The lowest BCUT2D eigenvalue weighted by molar-refractivity contribution is -0.145. The maximum atomic E-state index is 11.1. The van der Waals surface area contributed by atoms with Crippen LogP contribution in [-0.4, -0.2) is 30.8 Å². The third-order valence-corrected chi connectivity index (χ3v) is 2.76. The minimum atomic E-state index is -0.965. The maximum Gasteiger partial charge on any atom is 0.344 e. The lowest BCUT2D eigenvalue weighted by Crippen LogP contribution is -2.26. The molecule has 5 nitrogen and oxygen atoms in total. The first-order valence-corrected chi connectivity index (χ1v) is 6.38. The molecule has 0 fully saturated rings. The Bertz CT molecular complexity index is 420. The predicted molar refractivity (Wildman–Crippen MR) is 72.7 cm³/mol. The van der Waals surface area contributed by atoms with Crippen LogP contribution in [0.4, 0.5) is 0 Å². The highest BCUT2D eigenvalue weighted by atomic mass is 16.5. The highest BCUT2D eigenvalue weighted by Crippen LogP contribution is 2.29. The number of nitrogens with two attached hydrogens (primary N) is 1. The van der Waals surface area contributed by atoms with Gasteiger partial charge in [0.25, 0.3) is 0 Å². The van der Waals surface area contributed by atoms with Gasteiger partial charge >= 0.3 is 5.97 Å². The number of carboxylic acid groups (broad SMARTS) is 1. The van der Waals surface area contributed by atoms with Gasteiger partial charge in [-0.15, -0.1) is 0 Å². The molecule has 0 aliphatic carbocycles. The normalized spacial score (nSPS) is 11.9. The molecule has 0 bridgehead atoms. The van der Waals surface area contributed by atoms with Crippen LogP contribution >= 0.6 is 0 Å². The van der Waals surface area contributed by atoms with Gasteiger partial charge in [0.2, 0.25) is 0 Å². The van der Waals surface area contributed by atoms with E-state index in [9.17, 15) is 4.79 Å². The zero-order chi connectivity index (χ0) is 14.3. The van der Waals surface area contributed by atoms with Crippen molar-refractivity contribution in [3.63, 3.8) is 0 Å². The fourth-order valence-corrected chi connectivity index (χ4v) is 1.78. The molecule has 3 N–H and O–H groups in total. The summed E-state index contributed by atoms with van der Waals surface area (Å²) >= 11 is 0. The average molecular weight is 267 g/mol. The predicted octanol–water partition coefficient (Wildman–Crippen LogP) is 1.83. The number of methoxy groups -OCH3 is 1. The second-order valence-electron chi connectivity index (χ2n) is 4.26. The Hall–Kier alpha value is -1.75. The van der Waals surface area contributed by atoms with E-state index in [-0.39, 0.29) is 0 Å². The minimum Gasteiger partial charge on any atom is -0.493 e. The zero-order valence-electron chi connectivity index (χ0n) is 11.4. The maximum absolute atomic E-state index is 11.1. The first-order valence-electron chi connectivity index (χ1n) is 6.38. The van der Waals surface area contributed by atoms with Crippen LogP contribution in [-0.2, 0) is 11.2 Å². The molecule has 1 unspecified atom stereocenters. The van der Waals surface area contributed by atoms with Crippen molar-refractivity contribution in [1.82, 2.24) is 0 Å². The largest absolute Gasteiger partial charge is 0.493 e. The monoisotopic (exact) mass is 267 g/mol. The van der Waals surface area contributed by atoms with Crippen molar-refractivity contribution in [1.29, 1.82) is 0 Å². The van der Waals surface area contributed by atoms with Crippen LogP contribution in [0.1, 0.15) is 25.3 Å². The van der Waals surface area contributed by atoms with Gasteiger partial charge < -0.3 is 20.3 Å². The number of ether oxygens (including phenoxy) is 2. The van der Waals surface area contributed by atoms with E-state index in [0.717, 1.165) is 12.0 Å².